The van der Waals surface area contributed by atoms with Crippen molar-refractivity contribution in [1.29, 1.82) is 0 Å². The molecule has 0 saturated heterocycles. The Morgan fingerprint density at radius 2 is 1.07 bits per heavy atom. The van der Waals surface area contributed by atoms with Gasteiger partial charge in [-0.1, -0.05) is 84.9 Å². The molecule has 0 aliphatic rings. The first-order valence-electron chi connectivity index (χ1n) is 14.3. The van der Waals surface area contributed by atoms with Gasteiger partial charge in [0.25, 0.3) is 0 Å². The molecule has 2 amide bonds. The van der Waals surface area contributed by atoms with Crippen LogP contribution in [0.2, 0.25) is 0 Å². The number of benzene rings is 3. The van der Waals surface area contributed by atoms with Crippen molar-refractivity contribution in [2.45, 2.75) is 57.2 Å². The first-order chi connectivity index (χ1) is 20.8. The molecular weight excluding hydrogens is 560 g/mol. The molecule has 0 aliphatic heterocycles. The zero-order valence-corrected chi connectivity index (χ0v) is 25.4. The number of nitrogens with one attached hydrogen (secondary N) is 2. The van der Waals surface area contributed by atoms with Crippen LogP contribution in [0.25, 0.3) is 0 Å². The van der Waals surface area contributed by atoms with E-state index >= 15 is 0 Å². The van der Waals surface area contributed by atoms with Crippen molar-refractivity contribution in [3.8, 4) is 0 Å². The predicted molar refractivity (Wildman–Crippen MR) is 167 cm³/mol. The molecule has 0 fully saturated rings. The average molecular weight is 601 g/mol. The quantitative estimate of drug-likeness (QED) is 0.132. The summed E-state index contributed by atoms with van der Waals surface area (Å²) < 4.78 is 5.52. The van der Waals surface area contributed by atoms with Crippen LogP contribution < -0.4 is 22.1 Å². The number of Topliss-reactive ketones (excluding diaryl/α,β-unsaturated/α-hetero) is 2. The van der Waals surface area contributed by atoms with Crippen molar-refractivity contribution in [1.82, 2.24) is 10.6 Å². The van der Waals surface area contributed by atoms with Crippen LogP contribution in [0.5, 0.6) is 0 Å². The van der Waals surface area contributed by atoms with Gasteiger partial charge in [0, 0.05) is 24.2 Å². The Morgan fingerprint density at radius 1 is 0.659 bits per heavy atom. The second-order valence-corrected chi connectivity index (χ2v) is 11.4. The lowest BCUT2D eigenvalue weighted by atomic mass is 9.84. The molecule has 3 aromatic carbocycles. The van der Waals surface area contributed by atoms with Crippen molar-refractivity contribution >= 4 is 29.4 Å². The summed E-state index contributed by atoms with van der Waals surface area (Å²) in [4.78, 5) is 64.2. The van der Waals surface area contributed by atoms with Gasteiger partial charge in [-0.15, -0.1) is 0 Å². The van der Waals surface area contributed by atoms with Crippen molar-refractivity contribution in [2.24, 2.45) is 11.5 Å². The van der Waals surface area contributed by atoms with E-state index in [2.05, 4.69) is 10.6 Å². The minimum absolute atomic E-state index is 0.00270. The summed E-state index contributed by atoms with van der Waals surface area (Å²) >= 11 is 0. The van der Waals surface area contributed by atoms with Crippen LogP contribution in [0, 0.1) is 0 Å². The van der Waals surface area contributed by atoms with Crippen LogP contribution >= 0.6 is 0 Å². The highest BCUT2D eigenvalue weighted by Crippen LogP contribution is 2.25. The minimum atomic E-state index is -1.25. The number of ketones is 2. The molecule has 6 N–H and O–H groups in total. The SMILES string of the molecule is CC(=O)c1ccc(C(=O)C(c2ccccc2)C(N)C(=O)NCCNC(=O)C(N)C(C(=O)OC(C)(C)C)c2ccccc2)cc1. The highest BCUT2D eigenvalue weighted by atomic mass is 16.6. The normalized spacial score (nSPS) is 14.0. The Hall–Kier alpha value is -4.67. The Labute approximate surface area is 257 Å². The van der Waals surface area contributed by atoms with E-state index in [1.807, 2.05) is 0 Å². The number of rotatable bonds is 13. The number of amides is 2. The Kier molecular flexibility index (Phi) is 11.7. The number of hydrogen-bond donors (Lipinski definition) is 4. The van der Waals surface area contributed by atoms with E-state index in [-0.39, 0.29) is 24.7 Å². The summed E-state index contributed by atoms with van der Waals surface area (Å²) in [6.07, 6.45) is 0. The molecule has 3 rings (SSSR count). The molecule has 44 heavy (non-hydrogen) atoms. The fourth-order valence-corrected chi connectivity index (χ4v) is 4.66. The zero-order valence-electron chi connectivity index (χ0n) is 25.4. The summed E-state index contributed by atoms with van der Waals surface area (Å²) in [5.41, 5.74) is 13.7. The molecule has 0 bridgehead atoms. The fourth-order valence-electron chi connectivity index (χ4n) is 4.66. The summed E-state index contributed by atoms with van der Waals surface area (Å²) in [5.74, 6) is -4.37. The lowest BCUT2D eigenvalue weighted by Crippen LogP contribution is -2.51. The van der Waals surface area contributed by atoms with Crippen LogP contribution in [0.4, 0.5) is 0 Å². The van der Waals surface area contributed by atoms with Gasteiger partial charge in [0.1, 0.15) is 17.6 Å². The highest BCUT2D eigenvalue weighted by molar-refractivity contribution is 6.05. The van der Waals surface area contributed by atoms with Gasteiger partial charge in [-0.3, -0.25) is 24.0 Å². The molecule has 10 nitrogen and oxygen atoms in total. The van der Waals surface area contributed by atoms with E-state index in [4.69, 9.17) is 16.2 Å². The molecule has 0 aliphatic carbocycles. The van der Waals surface area contributed by atoms with E-state index in [1.165, 1.54) is 6.92 Å². The van der Waals surface area contributed by atoms with Crippen molar-refractivity contribution < 1.29 is 28.7 Å². The van der Waals surface area contributed by atoms with Gasteiger partial charge in [-0.25, -0.2) is 0 Å². The maximum absolute atomic E-state index is 13.5. The molecule has 0 spiro atoms. The third-order valence-electron chi connectivity index (χ3n) is 6.88. The molecule has 3 aromatic rings. The minimum Gasteiger partial charge on any atom is -0.459 e. The van der Waals surface area contributed by atoms with E-state index in [1.54, 1.807) is 106 Å². The monoisotopic (exact) mass is 600 g/mol. The van der Waals surface area contributed by atoms with Crippen LogP contribution in [-0.4, -0.2) is 60.1 Å². The van der Waals surface area contributed by atoms with Crippen LogP contribution in [0.15, 0.2) is 84.9 Å². The summed E-state index contributed by atoms with van der Waals surface area (Å²) in [7, 11) is 0. The zero-order chi connectivity index (χ0) is 32.4. The van der Waals surface area contributed by atoms with Crippen molar-refractivity contribution in [3.63, 3.8) is 0 Å². The number of nitrogens with two attached hydrogens (primary N) is 2. The molecule has 0 radical (unpaired) electrons. The average Bonchev–Trinajstić information content (AvgIpc) is 2.99. The lowest BCUT2D eigenvalue weighted by molar-refractivity contribution is -0.158. The fraction of sp³-hybridized carbons (Fsp3) is 0.324. The van der Waals surface area contributed by atoms with Gasteiger partial charge >= 0.3 is 5.97 Å². The molecule has 10 heteroatoms. The number of carbonyl (C=O) groups excluding carboxylic acids is 5. The third-order valence-corrected chi connectivity index (χ3v) is 6.88. The first kappa shape index (κ1) is 33.8. The van der Waals surface area contributed by atoms with Crippen molar-refractivity contribution in [2.75, 3.05) is 13.1 Å². The van der Waals surface area contributed by atoms with Gasteiger partial charge in [0.05, 0.1) is 12.0 Å². The summed E-state index contributed by atoms with van der Waals surface area (Å²) in [6.45, 7) is 6.61. The largest absolute Gasteiger partial charge is 0.459 e. The summed E-state index contributed by atoms with van der Waals surface area (Å²) in [6, 6.07) is 21.1. The van der Waals surface area contributed by atoms with E-state index < -0.39 is 47.3 Å². The number of esters is 1. The second-order valence-electron chi connectivity index (χ2n) is 11.4. The Bertz CT molecular complexity index is 1450. The van der Waals surface area contributed by atoms with Crippen LogP contribution in [0.1, 0.15) is 71.4 Å². The van der Waals surface area contributed by atoms with E-state index in [9.17, 15) is 24.0 Å². The molecule has 4 atom stereocenters. The maximum atomic E-state index is 13.5. The number of ether oxygens (including phenoxy) is 1. The molecule has 4 unspecified atom stereocenters. The third kappa shape index (κ3) is 9.16. The topological polar surface area (TPSA) is 171 Å². The molecule has 0 saturated carbocycles. The number of carbonyl (C=O) groups is 5. The van der Waals surface area contributed by atoms with Gasteiger partial charge in [-0.2, -0.15) is 0 Å². The standard InChI is InChI=1S/C34H40N4O6/c1-21(39)22-15-17-25(18-16-22)30(40)26(23-11-7-5-8-12-23)28(35)31(41)37-19-20-38-32(42)29(36)27(24-13-9-6-10-14-24)33(43)44-34(2,3)4/h5-18,26-29H,19-20,35-36H2,1-4H3,(H,37,41)(H,38,42). The predicted octanol–water partition coefficient (Wildman–Crippen LogP) is 2.87. The molecule has 232 valence electrons. The van der Waals surface area contributed by atoms with Gasteiger partial charge in [0.2, 0.25) is 11.8 Å². The van der Waals surface area contributed by atoms with Gasteiger partial charge in [-0.05, 0) is 38.8 Å². The molecule has 0 heterocycles. The summed E-state index contributed by atoms with van der Waals surface area (Å²) in [5, 5.41) is 5.31. The van der Waals surface area contributed by atoms with E-state index in [0.29, 0.717) is 22.3 Å². The van der Waals surface area contributed by atoms with E-state index in [0.717, 1.165) is 0 Å². The highest BCUT2D eigenvalue weighted by Gasteiger charge is 2.36. The van der Waals surface area contributed by atoms with Gasteiger partial charge < -0.3 is 26.8 Å². The Balaban J connectivity index is 1.65. The molecular formula is C34H40N4O6. The van der Waals surface area contributed by atoms with Gasteiger partial charge in [0.15, 0.2) is 11.6 Å². The van der Waals surface area contributed by atoms with Crippen molar-refractivity contribution in [3.05, 3.63) is 107 Å². The Morgan fingerprint density at radius 3 is 1.50 bits per heavy atom. The maximum Gasteiger partial charge on any atom is 0.316 e. The number of hydrogen-bond acceptors (Lipinski definition) is 8. The smallest absolute Gasteiger partial charge is 0.316 e. The first-order valence-corrected chi connectivity index (χ1v) is 14.3. The lowest BCUT2D eigenvalue weighted by Gasteiger charge is -2.27. The second kappa shape index (κ2) is 15.2. The van der Waals surface area contributed by atoms with Crippen LogP contribution in [0.3, 0.4) is 0 Å². The molecule has 0 aromatic heterocycles. The van der Waals surface area contributed by atoms with Crippen LogP contribution in [-0.2, 0) is 19.1 Å².